The van der Waals surface area contributed by atoms with Crippen molar-refractivity contribution in [3.05, 3.63) is 62.6 Å². The molecule has 2 rings (SSSR count). The maximum atomic E-state index is 10.9. The fourth-order valence-corrected chi connectivity index (χ4v) is 1.75. The molecule has 5 heteroatoms. The minimum atomic E-state index is -0.451. The first-order valence-electron chi connectivity index (χ1n) is 5.25. The average Bonchev–Trinajstić information content (AvgIpc) is 2.32. The van der Waals surface area contributed by atoms with Crippen molar-refractivity contribution in [1.82, 2.24) is 0 Å². The highest BCUT2D eigenvalue weighted by molar-refractivity contribution is 9.10. The Balaban J connectivity index is 2.35. The summed E-state index contributed by atoms with van der Waals surface area (Å²) in [5.41, 5.74) is 0.872. The van der Waals surface area contributed by atoms with Gasteiger partial charge in [0.15, 0.2) is 0 Å². The van der Waals surface area contributed by atoms with E-state index in [4.69, 9.17) is 4.74 Å². The van der Waals surface area contributed by atoms with Gasteiger partial charge in [-0.3, -0.25) is 10.1 Å². The van der Waals surface area contributed by atoms with Crippen LogP contribution in [0.2, 0.25) is 0 Å². The highest BCUT2D eigenvalue weighted by atomic mass is 79.9. The van der Waals surface area contributed by atoms with Crippen LogP contribution in [0.3, 0.4) is 0 Å². The van der Waals surface area contributed by atoms with E-state index in [-0.39, 0.29) is 11.4 Å². The average molecular weight is 308 g/mol. The molecule has 0 spiro atoms. The van der Waals surface area contributed by atoms with Crippen molar-refractivity contribution < 1.29 is 9.66 Å². The van der Waals surface area contributed by atoms with Crippen LogP contribution in [0.5, 0.6) is 11.5 Å². The molecule has 0 aliphatic heterocycles. The Morgan fingerprint density at radius 1 is 1.17 bits per heavy atom. The number of hydrogen-bond acceptors (Lipinski definition) is 3. The quantitative estimate of drug-likeness (QED) is 0.621. The van der Waals surface area contributed by atoms with Gasteiger partial charge in [-0.2, -0.15) is 0 Å². The van der Waals surface area contributed by atoms with Crippen molar-refractivity contribution in [2.24, 2.45) is 0 Å². The number of nitro benzene ring substituents is 1. The molecule has 0 aromatic heterocycles. The molecule has 0 aliphatic rings. The van der Waals surface area contributed by atoms with Gasteiger partial charge in [0.2, 0.25) is 5.75 Å². The zero-order valence-electron chi connectivity index (χ0n) is 9.59. The number of nitrogens with zero attached hydrogens (tertiary/aromatic N) is 1. The smallest absolute Gasteiger partial charge is 0.311 e. The number of aryl methyl sites for hydroxylation is 1. The van der Waals surface area contributed by atoms with E-state index in [0.29, 0.717) is 5.75 Å². The first kappa shape index (κ1) is 12.6. The topological polar surface area (TPSA) is 52.4 Å². The lowest BCUT2D eigenvalue weighted by Gasteiger charge is -2.07. The Hall–Kier alpha value is -1.88. The summed E-state index contributed by atoms with van der Waals surface area (Å²) in [6.07, 6.45) is 0. The molecule has 0 saturated carbocycles. The van der Waals surface area contributed by atoms with Crippen molar-refractivity contribution in [3.63, 3.8) is 0 Å². The summed E-state index contributed by atoms with van der Waals surface area (Å²) in [6, 6.07) is 11.9. The summed E-state index contributed by atoms with van der Waals surface area (Å²) in [5, 5.41) is 10.9. The lowest BCUT2D eigenvalue weighted by molar-refractivity contribution is -0.385. The van der Waals surface area contributed by atoms with Gasteiger partial charge in [-0.15, -0.1) is 0 Å². The van der Waals surface area contributed by atoms with Gasteiger partial charge in [-0.05, 0) is 42.8 Å². The van der Waals surface area contributed by atoms with Crippen LogP contribution in [0.1, 0.15) is 5.56 Å². The molecular formula is C13H10BrNO3. The van der Waals surface area contributed by atoms with E-state index in [1.807, 2.05) is 19.1 Å². The minimum absolute atomic E-state index is 0.0384. The first-order valence-corrected chi connectivity index (χ1v) is 6.04. The lowest BCUT2D eigenvalue weighted by Crippen LogP contribution is -1.93. The van der Waals surface area contributed by atoms with Crippen LogP contribution in [0.15, 0.2) is 46.9 Å². The van der Waals surface area contributed by atoms with Gasteiger partial charge in [0.25, 0.3) is 0 Å². The van der Waals surface area contributed by atoms with Gasteiger partial charge in [0.05, 0.1) is 4.92 Å². The Bertz CT molecular complexity index is 581. The van der Waals surface area contributed by atoms with Crippen LogP contribution in [-0.4, -0.2) is 4.92 Å². The van der Waals surface area contributed by atoms with Crippen molar-refractivity contribution in [1.29, 1.82) is 0 Å². The number of nitro groups is 1. The molecule has 18 heavy (non-hydrogen) atoms. The van der Waals surface area contributed by atoms with Crippen LogP contribution in [0.25, 0.3) is 0 Å². The van der Waals surface area contributed by atoms with Gasteiger partial charge >= 0.3 is 5.69 Å². The van der Waals surface area contributed by atoms with Crippen molar-refractivity contribution in [2.75, 3.05) is 0 Å². The molecule has 2 aromatic rings. The van der Waals surface area contributed by atoms with Crippen LogP contribution in [-0.2, 0) is 0 Å². The zero-order chi connectivity index (χ0) is 13.1. The Morgan fingerprint density at radius 2 is 1.83 bits per heavy atom. The van der Waals surface area contributed by atoms with Crippen LogP contribution >= 0.6 is 15.9 Å². The molecule has 2 aromatic carbocycles. The summed E-state index contributed by atoms with van der Waals surface area (Å²) < 4.78 is 6.47. The van der Waals surface area contributed by atoms with E-state index in [0.717, 1.165) is 10.0 Å². The second-order valence-corrected chi connectivity index (χ2v) is 4.70. The minimum Gasteiger partial charge on any atom is -0.450 e. The molecule has 0 heterocycles. The van der Waals surface area contributed by atoms with Gasteiger partial charge in [-0.1, -0.05) is 22.0 Å². The standard InChI is InChI=1S/C13H10BrNO3/c1-9-2-7-12(15(16)17)13(8-9)18-11-5-3-10(14)4-6-11/h2-8H,1H3. The van der Waals surface area contributed by atoms with Crippen LogP contribution < -0.4 is 4.74 Å². The number of hydrogen-bond donors (Lipinski definition) is 0. The van der Waals surface area contributed by atoms with E-state index < -0.39 is 4.92 Å². The van der Waals surface area contributed by atoms with Gasteiger partial charge in [0.1, 0.15) is 5.75 Å². The molecule has 4 nitrogen and oxygen atoms in total. The molecule has 0 unspecified atom stereocenters. The Kier molecular flexibility index (Phi) is 3.62. The molecule has 92 valence electrons. The normalized spacial score (nSPS) is 10.1. The third-order valence-electron chi connectivity index (χ3n) is 2.35. The first-order chi connectivity index (χ1) is 8.56. The molecule has 0 atom stereocenters. The number of benzene rings is 2. The second kappa shape index (κ2) is 5.18. The molecule has 0 amide bonds. The van der Waals surface area contributed by atoms with E-state index in [1.54, 1.807) is 24.3 Å². The summed E-state index contributed by atoms with van der Waals surface area (Å²) in [4.78, 5) is 10.4. The maximum Gasteiger partial charge on any atom is 0.311 e. The van der Waals surface area contributed by atoms with E-state index >= 15 is 0 Å². The highest BCUT2D eigenvalue weighted by Crippen LogP contribution is 2.32. The fraction of sp³-hybridized carbons (Fsp3) is 0.0769. The van der Waals surface area contributed by atoms with Crippen molar-refractivity contribution in [3.8, 4) is 11.5 Å². The van der Waals surface area contributed by atoms with Gasteiger partial charge in [-0.25, -0.2) is 0 Å². The van der Waals surface area contributed by atoms with Gasteiger partial charge < -0.3 is 4.74 Å². The number of ether oxygens (including phenoxy) is 1. The summed E-state index contributed by atoms with van der Waals surface area (Å²) in [6.45, 7) is 1.86. The molecular weight excluding hydrogens is 298 g/mol. The number of rotatable bonds is 3. The van der Waals surface area contributed by atoms with Crippen molar-refractivity contribution in [2.45, 2.75) is 6.92 Å². The van der Waals surface area contributed by atoms with E-state index in [1.165, 1.54) is 6.07 Å². The van der Waals surface area contributed by atoms with Gasteiger partial charge in [0, 0.05) is 10.5 Å². The predicted octanol–water partition coefficient (Wildman–Crippen LogP) is 4.46. The predicted molar refractivity (Wildman–Crippen MR) is 72.0 cm³/mol. The molecule has 0 radical (unpaired) electrons. The molecule has 0 saturated heterocycles. The Labute approximate surface area is 112 Å². The monoisotopic (exact) mass is 307 g/mol. The summed E-state index contributed by atoms with van der Waals surface area (Å²) in [7, 11) is 0. The fourth-order valence-electron chi connectivity index (χ4n) is 1.48. The number of halogens is 1. The van der Waals surface area contributed by atoms with Crippen molar-refractivity contribution >= 4 is 21.6 Å². The largest absolute Gasteiger partial charge is 0.450 e. The Morgan fingerprint density at radius 3 is 2.44 bits per heavy atom. The molecule has 0 N–H and O–H groups in total. The summed E-state index contributed by atoms with van der Waals surface area (Å²) >= 11 is 3.32. The van der Waals surface area contributed by atoms with Crippen LogP contribution in [0.4, 0.5) is 5.69 Å². The second-order valence-electron chi connectivity index (χ2n) is 3.78. The molecule has 0 bridgehead atoms. The zero-order valence-corrected chi connectivity index (χ0v) is 11.2. The third-order valence-corrected chi connectivity index (χ3v) is 2.88. The van der Waals surface area contributed by atoms with E-state index in [9.17, 15) is 10.1 Å². The summed E-state index contributed by atoms with van der Waals surface area (Å²) in [5.74, 6) is 0.814. The highest BCUT2D eigenvalue weighted by Gasteiger charge is 2.15. The molecule has 0 fully saturated rings. The molecule has 0 aliphatic carbocycles. The lowest BCUT2D eigenvalue weighted by atomic mass is 10.2. The SMILES string of the molecule is Cc1ccc([N+](=O)[O-])c(Oc2ccc(Br)cc2)c1. The third kappa shape index (κ3) is 2.87. The van der Waals surface area contributed by atoms with E-state index in [2.05, 4.69) is 15.9 Å². The maximum absolute atomic E-state index is 10.9. The van der Waals surface area contributed by atoms with Crippen LogP contribution in [0, 0.1) is 17.0 Å².